The Morgan fingerprint density at radius 2 is 2.03 bits per heavy atom. The standard InChI is InChI=1S/C21H19N7O2S/c1-31-18-15(10-22)14(9-16(25-18)12-7-8-12)19(29)30-11-17-26-20(23)28-21(27-17)24-13-5-3-2-4-6-13/h2-6,9,12H,7-8,11H2,1H3,(H3,23,24,26,27,28). The Labute approximate surface area is 183 Å². The Hall–Kier alpha value is -3.71. The minimum Gasteiger partial charge on any atom is -0.454 e. The fraction of sp³-hybridized carbons (Fsp3) is 0.238. The number of carbonyl (C=O) groups is 1. The Morgan fingerprint density at radius 3 is 2.71 bits per heavy atom. The molecule has 9 nitrogen and oxygen atoms in total. The highest BCUT2D eigenvalue weighted by molar-refractivity contribution is 7.98. The monoisotopic (exact) mass is 433 g/mol. The van der Waals surface area contributed by atoms with Crippen molar-refractivity contribution in [3.63, 3.8) is 0 Å². The van der Waals surface area contributed by atoms with E-state index in [4.69, 9.17) is 10.5 Å². The molecule has 2 heterocycles. The number of hydrogen-bond donors (Lipinski definition) is 2. The number of nitrogens with two attached hydrogens (primary N) is 1. The predicted octanol–water partition coefficient (Wildman–Crippen LogP) is 3.42. The molecule has 156 valence electrons. The molecule has 1 saturated carbocycles. The average molecular weight is 433 g/mol. The summed E-state index contributed by atoms with van der Waals surface area (Å²) in [6.45, 7) is -0.213. The molecule has 0 amide bonds. The van der Waals surface area contributed by atoms with Crippen LogP contribution in [0.15, 0.2) is 41.4 Å². The first-order valence-corrected chi connectivity index (χ1v) is 10.8. The molecule has 0 atom stereocenters. The summed E-state index contributed by atoms with van der Waals surface area (Å²) < 4.78 is 5.41. The second kappa shape index (κ2) is 8.97. The van der Waals surface area contributed by atoms with Crippen LogP contribution >= 0.6 is 11.8 Å². The molecule has 2 aromatic heterocycles. The summed E-state index contributed by atoms with van der Waals surface area (Å²) in [5, 5.41) is 13.1. The summed E-state index contributed by atoms with van der Waals surface area (Å²) in [6, 6.07) is 13.1. The van der Waals surface area contributed by atoms with Crippen LogP contribution in [0.25, 0.3) is 0 Å². The van der Waals surface area contributed by atoms with E-state index in [0.717, 1.165) is 24.2 Å². The van der Waals surface area contributed by atoms with Gasteiger partial charge in [-0.05, 0) is 37.3 Å². The van der Waals surface area contributed by atoms with Gasteiger partial charge in [-0.3, -0.25) is 0 Å². The molecule has 0 saturated heterocycles. The first-order chi connectivity index (χ1) is 15.1. The minimum atomic E-state index is -0.632. The van der Waals surface area contributed by atoms with Gasteiger partial charge in [-0.2, -0.15) is 20.2 Å². The first kappa shape index (κ1) is 20.6. The smallest absolute Gasteiger partial charge is 0.340 e. The van der Waals surface area contributed by atoms with E-state index >= 15 is 0 Å². The average Bonchev–Trinajstić information content (AvgIpc) is 3.62. The van der Waals surface area contributed by atoms with Crippen LogP contribution in [0.5, 0.6) is 0 Å². The molecular weight excluding hydrogens is 414 g/mol. The molecule has 0 bridgehead atoms. The molecule has 1 fully saturated rings. The SMILES string of the molecule is CSc1nc(C2CC2)cc(C(=O)OCc2nc(N)nc(Nc3ccccc3)n2)c1C#N. The van der Waals surface area contributed by atoms with Gasteiger partial charge < -0.3 is 15.8 Å². The number of nitrogens with zero attached hydrogens (tertiary/aromatic N) is 5. The lowest BCUT2D eigenvalue weighted by molar-refractivity contribution is 0.0461. The highest BCUT2D eigenvalue weighted by atomic mass is 32.2. The number of nitriles is 1. The van der Waals surface area contributed by atoms with E-state index in [0.29, 0.717) is 10.9 Å². The summed E-state index contributed by atoms with van der Waals surface area (Å²) in [7, 11) is 0. The number of rotatable bonds is 7. The minimum absolute atomic E-state index is 0.00166. The molecule has 1 aliphatic rings. The lowest BCUT2D eigenvalue weighted by Gasteiger charge is -2.11. The quantitative estimate of drug-likeness (QED) is 0.420. The highest BCUT2D eigenvalue weighted by Gasteiger charge is 2.29. The zero-order valence-electron chi connectivity index (χ0n) is 16.7. The van der Waals surface area contributed by atoms with E-state index in [1.54, 1.807) is 6.07 Å². The number of thioether (sulfide) groups is 1. The number of hydrogen-bond acceptors (Lipinski definition) is 10. The lowest BCUT2D eigenvalue weighted by atomic mass is 10.1. The maximum absolute atomic E-state index is 12.8. The fourth-order valence-corrected chi connectivity index (χ4v) is 3.52. The zero-order valence-corrected chi connectivity index (χ0v) is 17.5. The van der Waals surface area contributed by atoms with Crippen LogP contribution in [-0.4, -0.2) is 32.2 Å². The Balaban J connectivity index is 1.53. The number of nitrogen functional groups attached to an aromatic ring is 1. The Kier molecular flexibility index (Phi) is 5.95. The molecule has 10 heteroatoms. The third kappa shape index (κ3) is 4.90. The van der Waals surface area contributed by atoms with Gasteiger partial charge in [0.1, 0.15) is 11.1 Å². The van der Waals surface area contributed by atoms with Gasteiger partial charge in [-0.1, -0.05) is 18.2 Å². The van der Waals surface area contributed by atoms with E-state index in [2.05, 4.69) is 31.3 Å². The maximum atomic E-state index is 12.8. The summed E-state index contributed by atoms with van der Waals surface area (Å²) in [4.78, 5) is 29.7. The number of para-hydroxylation sites is 1. The van der Waals surface area contributed by atoms with Crippen molar-refractivity contribution in [3.05, 3.63) is 59.0 Å². The molecular formula is C21H19N7O2S. The number of carbonyl (C=O) groups excluding carboxylic acids is 1. The van der Waals surface area contributed by atoms with E-state index in [1.165, 1.54) is 11.8 Å². The number of benzene rings is 1. The molecule has 0 unspecified atom stereocenters. The van der Waals surface area contributed by atoms with Gasteiger partial charge in [0.05, 0.1) is 11.1 Å². The van der Waals surface area contributed by atoms with Crippen molar-refractivity contribution in [1.82, 2.24) is 19.9 Å². The fourth-order valence-electron chi connectivity index (χ4n) is 2.96. The van der Waals surface area contributed by atoms with Crippen molar-refractivity contribution < 1.29 is 9.53 Å². The van der Waals surface area contributed by atoms with Crippen molar-refractivity contribution >= 4 is 35.3 Å². The third-order valence-corrected chi connectivity index (χ3v) is 5.27. The molecule has 1 aromatic carbocycles. The molecule has 3 aromatic rings. The van der Waals surface area contributed by atoms with E-state index in [1.807, 2.05) is 36.6 Å². The third-order valence-electron chi connectivity index (χ3n) is 4.59. The van der Waals surface area contributed by atoms with Gasteiger partial charge in [-0.25, -0.2) is 9.78 Å². The number of esters is 1. The van der Waals surface area contributed by atoms with Crippen LogP contribution in [0.3, 0.4) is 0 Å². The zero-order chi connectivity index (χ0) is 21.8. The van der Waals surface area contributed by atoms with Crippen LogP contribution in [0, 0.1) is 11.3 Å². The number of pyridine rings is 1. The molecule has 1 aliphatic carbocycles. The number of anilines is 3. The maximum Gasteiger partial charge on any atom is 0.340 e. The number of nitrogens with one attached hydrogen (secondary N) is 1. The Morgan fingerprint density at radius 1 is 1.26 bits per heavy atom. The topological polar surface area (TPSA) is 140 Å². The molecule has 3 N–H and O–H groups in total. The highest BCUT2D eigenvalue weighted by Crippen LogP contribution is 2.40. The molecule has 0 spiro atoms. The van der Waals surface area contributed by atoms with Crippen LogP contribution in [0.4, 0.5) is 17.6 Å². The van der Waals surface area contributed by atoms with Crippen LogP contribution in [0.1, 0.15) is 46.2 Å². The lowest BCUT2D eigenvalue weighted by Crippen LogP contribution is -2.13. The summed E-state index contributed by atoms with van der Waals surface area (Å²) in [5.41, 5.74) is 7.79. The molecule has 0 aliphatic heterocycles. The van der Waals surface area contributed by atoms with Crippen LogP contribution in [-0.2, 0) is 11.3 Å². The normalized spacial score (nSPS) is 12.8. The van der Waals surface area contributed by atoms with Gasteiger partial charge >= 0.3 is 5.97 Å². The predicted molar refractivity (Wildman–Crippen MR) is 116 cm³/mol. The Bertz CT molecular complexity index is 1160. The van der Waals surface area contributed by atoms with E-state index < -0.39 is 5.97 Å². The van der Waals surface area contributed by atoms with Crippen molar-refractivity contribution in [3.8, 4) is 6.07 Å². The van der Waals surface area contributed by atoms with Gasteiger partial charge in [0.25, 0.3) is 0 Å². The molecule has 4 rings (SSSR count). The van der Waals surface area contributed by atoms with Gasteiger partial charge in [-0.15, -0.1) is 11.8 Å². The molecule has 31 heavy (non-hydrogen) atoms. The first-order valence-electron chi connectivity index (χ1n) is 9.56. The van der Waals surface area contributed by atoms with Gasteiger partial charge in [0.2, 0.25) is 11.9 Å². The van der Waals surface area contributed by atoms with Crippen molar-refractivity contribution in [1.29, 1.82) is 5.26 Å². The number of ether oxygens (including phenoxy) is 1. The largest absolute Gasteiger partial charge is 0.454 e. The van der Waals surface area contributed by atoms with Gasteiger partial charge in [0.15, 0.2) is 12.4 Å². The summed E-state index contributed by atoms with van der Waals surface area (Å²) >= 11 is 1.33. The second-order valence-corrected chi connectivity index (χ2v) is 7.66. The summed E-state index contributed by atoms with van der Waals surface area (Å²) in [6.07, 6.45) is 3.88. The number of aromatic nitrogens is 4. The van der Waals surface area contributed by atoms with Crippen molar-refractivity contribution in [2.24, 2.45) is 0 Å². The molecule has 0 radical (unpaired) electrons. The van der Waals surface area contributed by atoms with E-state index in [9.17, 15) is 10.1 Å². The van der Waals surface area contributed by atoms with Crippen LogP contribution in [0.2, 0.25) is 0 Å². The summed E-state index contributed by atoms with van der Waals surface area (Å²) in [5.74, 6) is 0.140. The van der Waals surface area contributed by atoms with Crippen LogP contribution < -0.4 is 11.1 Å². The van der Waals surface area contributed by atoms with Crippen molar-refractivity contribution in [2.45, 2.75) is 30.4 Å². The van der Waals surface area contributed by atoms with Gasteiger partial charge in [0, 0.05) is 17.3 Å². The van der Waals surface area contributed by atoms with E-state index in [-0.39, 0.29) is 35.5 Å². The van der Waals surface area contributed by atoms with Crippen molar-refractivity contribution in [2.75, 3.05) is 17.3 Å². The second-order valence-electron chi connectivity index (χ2n) is 6.87.